The maximum atomic E-state index is 12.2. The summed E-state index contributed by atoms with van der Waals surface area (Å²) in [5, 5.41) is 4.69. The summed E-state index contributed by atoms with van der Waals surface area (Å²) in [5.74, 6) is 0.235. The molecule has 1 aromatic rings. The first-order chi connectivity index (χ1) is 9.91. The first kappa shape index (κ1) is 16.5. The Kier molecular flexibility index (Phi) is 5.40. The SMILES string of the molecule is C[C@H]1CCCC[C@@H]1NC(=O)CN(C)S(=O)(=O)c1cccs1. The van der Waals surface area contributed by atoms with Crippen LogP contribution in [-0.2, 0) is 14.8 Å². The largest absolute Gasteiger partial charge is 0.352 e. The molecule has 0 unspecified atom stereocenters. The summed E-state index contributed by atoms with van der Waals surface area (Å²) in [6.45, 7) is 2.00. The molecule has 1 aromatic heterocycles. The summed E-state index contributed by atoms with van der Waals surface area (Å²) in [5.41, 5.74) is 0. The van der Waals surface area contributed by atoms with Crippen molar-refractivity contribution in [3.63, 3.8) is 0 Å². The van der Waals surface area contributed by atoms with Crippen LogP contribution in [0.15, 0.2) is 21.7 Å². The van der Waals surface area contributed by atoms with Crippen molar-refractivity contribution in [2.24, 2.45) is 5.92 Å². The van der Waals surface area contributed by atoms with E-state index in [1.807, 2.05) is 0 Å². The predicted molar refractivity (Wildman–Crippen MR) is 83.7 cm³/mol. The van der Waals surface area contributed by atoms with Crippen LogP contribution in [0.5, 0.6) is 0 Å². The highest BCUT2D eigenvalue weighted by molar-refractivity contribution is 7.91. The normalized spacial score (nSPS) is 23.2. The zero-order valence-corrected chi connectivity index (χ0v) is 14.0. The van der Waals surface area contributed by atoms with E-state index < -0.39 is 10.0 Å². The van der Waals surface area contributed by atoms with Gasteiger partial charge in [0.15, 0.2) is 0 Å². The second-order valence-electron chi connectivity index (χ2n) is 5.63. The second-order valence-corrected chi connectivity index (χ2v) is 8.85. The highest BCUT2D eigenvalue weighted by Crippen LogP contribution is 2.24. The van der Waals surface area contributed by atoms with Crippen LogP contribution >= 0.6 is 11.3 Å². The molecule has 0 spiro atoms. The van der Waals surface area contributed by atoms with E-state index in [9.17, 15) is 13.2 Å². The van der Waals surface area contributed by atoms with Crippen molar-refractivity contribution < 1.29 is 13.2 Å². The number of nitrogens with one attached hydrogen (secondary N) is 1. The Balaban J connectivity index is 1.93. The van der Waals surface area contributed by atoms with Crippen LogP contribution in [0.3, 0.4) is 0 Å². The van der Waals surface area contributed by atoms with Crippen LogP contribution in [0.2, 0.25) is 0 Å². The minimum absolute atomic E-state index is 0.135. The van der Waals surface area contributed by atoms with E-state index in [0.717, 1.165) is 34.9 Å². The maximum Gasteiger partial charge on any atom is 0.252 e. The van der Waals surface area contributed by atoms with Crippen LogP contribution in [0.25, 0.3) is 0 Å². The van der Waals surface area contributed by atoms with Gasteiger partial charge in [-0.15, -0.1) is 11.3 Å². The highest BCUT2D eigenvalue weighted by Gasteiger charge is 2.27. The number of sulfonamides is 1. The Morgan fingerprint density at radius 3 is 2.76 bits per heavy atom. The van der Waals surface area contributed by atoms with Gasteiger partial charge in [-0.2, -0.15) is 4.31 Å². The third kappa shape index (κ3) is 4.05. The summed E-state index contributed by atoms with van der Waals surface area (Å²) in [7, 11) is -2.11. The molecule has 2 atom stereocenters. The summed E-state index contributed by atoms with van der Waals surface area (Å²) >= 11 is 1.16. The van der Waals surface area contributed by atoms with Crippen molar-refractivity contribution in [2.75, 3.05) is 13.6 Å². The van der Waals surface area contributed by atoms with Gasteiger partial charge in [-0.25, -0.2) is 8.42 Å². The van der Waals surface area contributed by atoms with Gasteiger partial charge in [0.1, 0.15) is 4.21 Å². The van der Waals surface area contributed by atoms with Crippen LogP contribution in [0.1, 0.15) is 32.6 Å². The zero-order valence-electron chi connectivity index (χ0n) is 12.4. The molecule has 5 nitrogen and oxygen atoms in total. The first-order valence-corrected chi connectivity index (χ1v) is 9.52. The fourth-order valence-corrected chi connectivity index (χ4v) is 4.96. The highest BCUT2D eigenvalue weighted by atomic mass is 32.2. The molecule has 1 fully saturated rings. The number of amides is 1. The van der Waals surface area contributed by atoms with Crippen molar-refractivity contribution >= 4 is 27.3 Å². The van der Waals surface area contributed by atoms with Crippen molar-refractivity contribution in [3.8, 4) is 0 Å². The third-order valence-electron chi connectivity index (χ3n) is 3.98. The lowest BCUT2D eigenvalue weighted by molar-refractivity contribution is -0.122. The number of hydrogen-bond donors (Lipinski definition) is 1. The molecule has 118 valence electrons. The zero-order chi connectivity index (χ0) is 15.5. The van der Waals surface area contributed by atoms with Gasteiger partial charge in [-0.05, 0) is 30.2 Å². The maximum absolute atomic E-state index is 12.2. The summed E-state index contributed by atoms with van der Waals surface area (Å²) in [6.07, 6.45) is 4.43. The molecule has 1 aliphatic carbocycles. The predicted octanol–water partition coefficient (Wildman–Crippen LogP) is 2.06. The Morgan fingerprint density at radius 1 is 1.43 bits per heavy atom. The standard InChI is InChI=1S/C14H22N2O3S2/c1-11-6-3-4-7-12(11)15-13(17)10-16(2)21(18,19)14-8-5-9-20-14/h5,8-9,11-12H,3-4,6-7,10H2,1-2H3,(H,15,17)/t11-,12-/m0/s1. The Hall–Kier alpha value is -0.920. The molecule has 1 saturated carbocycles. The lowest BCUT2D eigenvalue weighted by atomic mass is 9.86. The minimum Gasteiger partial charge on any atom is -0.352 e. The molecule has 21 heavy (non-hydrogen) atoms. The molecule has 0 aromatic carbocycles. The third-order valence-corrected chi connectivity index (χ3v) is 7.16. The van der Waals surface area contributed by atoms with E-state index >= 15 is 0 Å². The molecule has 0 aliphatic heterocycles. The topological polar surface area (TPSA) is 66.5 Å². The number of hydrogen-bond acceptors (Lipinski definition) is 4. The molecule has 7 heteroatoms. The Labute approximate surface area is 130 Å². The van der Waals surface area contributed by atoms with E-state index in [4.69, 9.17) is 0 Å². The number of carbonyl (C=O) groups is 1. The molecule has 0 radical (unpaired) electrons. The minimum atomic E-state index is -3.55. The van der Waals surface area contributed by atoms with E-state index in [0.29, 0.717) is 5.92 Å². The smallest absolute Gasteiger partial charge is 0.252 e. The van der Waals surface area contributed by atoms with E-state index in [1.54, 1.807) is 17.5 Å². The molecule has 1 amide bonds. The van der Waals surface area contributed by atoms with Gasteiger partial charge in [-0.1, -0.05) is 25.8 Å². The van der Waals surface area contributed by atoms with Crippen molar-refractivity contribution in [1.29, 1.82) is 0 Å². The molecular formula is C14H22N2O3S2. The quantitative estimate of drug-likeness (QED) is 0.899. The van der Waals surface area contributed by atoms with Gasteiger partial charge >= 0.3 is 0 Å². The van der Waals surface area contributed by atoms with Crippen molar-refractivity contribution in [1.82, 2.24) is 9.62 Å². The van der Waals surface area contributed by atoms with Gasteiger partial charge in [0, 0.05) is 13.1 Å². The number of rotatable bonds is 5. The van der Waals surface area contributed by atoms with Gasteiger partial charge in [0.25, 0.3) is 10.0 Å². The summed E-state index contributed by atoms with van der Waals surface area (Å²) < 4.78 is 25.9. The molecule has 1 aliphatic rings. The summed E-state index contributed by atoms with van der Waals surface area (Å²) in [6, 6.07) is 3.41. The molecule has 0 saturated heterocycles. The molecule has 0 bridgehead atoms. The average molecular weight is 330 g/mol. The lowest BCUT2D eigenvalue weighted by Gasteiger charge is -2.30. The Bertz CT molecular complexity index is 569. The number of nitrogens with zero attached hydrogens (tertiary/aromatic N) is 1. The average Bonchev–Trinajstić information content (AvgIpc) is 2.96. The number of carbonyl (C=O) groups excluding carboxylic acids is 1. The van der Waals surface area contributed by atoms with Crippen LogP contribution in [0, 0.1) is 5.92 Å². The Morgan fingerprint density at radius 2 is 2.14 bits per heavy atom. The molecular weight excluding hydrogens is 308 g/mol. The van der Waals surface area contributed by atoms with Gasteiger partial charge in [0.2, 0.25) is 5.91 Å². The van der Waals surface area contributed by atoms with Crippen molar-refractivity contribution in [2.45, 2.75) is 42.9 Å². The monoisotopic (exact) mass is 330 g/mol. The van der Waals surface area contributed by atoms with Crippen LogP contribution in [-0.4, -0.2) is 38.3 Å². The summed E-state index contributed by atoms with van der Waals surface area (Å²) in [4.78, 5) is 12.1. The fourth-order valence-electron chi connectivity index (χ4n) is 2.63. The second kappa shape index (κ2) is 6.89. The van der Waals surface area contributed by atoms with Crippen LogP contribution < -0.4 is 5.32 Å². The number of likely N-dealkylation sites (N-methyl/N-ethyl adjacent to an activating group) is 1. The van der Waals surface area contributed by atoms with Crippen LogP contribution in [0.4, 0.5) is 0 Å². The van der Waals surface area contributed by atoms with Gasteiger partial charge < -0.3 is 5.32 Å². The molecule has 1 heterocycles. The molecule has 1 N–H and O–H groups in total. The van der Waals surface area contributed by atoms with E-state index in [-0.39, 0.29) is 22.7 Å². The van der Waals surface area contributed by atoms with Crippen molar-refractivity contribution in [3.05, 3.63) is 17.5 Å². The van der Waals surface area contributed by atoms with Gasteiger partial charge in [0.05, 0.1) is 6.54 Å². The number of thiophene rings is 1. The first-order valence-electron chi connectivity index (χ1n) is 7.20. The van der Waals surface area contributed by atoms with E-state index in [2.05, 4.69) is 12.2 Å². The lowest BCUT2D eigenvalue weighted by Crippen LogP contribution is -2.45. The fraction of sp³-hybridized carbons (Fsp3) is 0.643. The molecule has 2 rings (SSSR count). The van der Waals surface area contributed by atoms with Gasteiger partial charge in [-0.3, -0.25) is 4.79 Å². The van der Waals surface area contributed by atoms with E-state index in [1.165, 1.54) is 13.5 Å².